The number of para-hydroxylation sites is 1. The first-order valence-corrected chi connectivity index (χ1v) is 14.0. The molecule has 4 rings (SSSR count). The molecule has 2 aromatic carbocycles. The van der Waals surface area contributed by atoms with Crippen molar-refractivity contribution in [1.29, 1.82) is 0 Å². The molecule has 218 valence electrons. The Morgan fingerprint density at radius 3 is 2.07 bits per heavy atom. The summed E-state index contributed by atoms with van der Waals surface area (Å²) in [4.78, 5) is 27.1. The Bertz CT molecular complexity index is 1450. The first kappa shape index (κ1) is 30.1. The van der Waals surface area contributed by atoms with Gasteiger partial charge in [-0.15, -0.1) is 0 Å². The highest BCUT2D eigenvalue weighted by atomic mass is 16.5. The molecule has 0 radical (unpaired) electrons. The number of nitrogens with zero attached hydrogens (tertiary/aromatic N) is 2. The van der Waals surface area contributed by atoms with E-state index >= 15 is 0 Å². The van der Waals surface area contributed by atoms with Crippen LogP contribution in [0.4, 0.5) is 0 Å². The molecule has 3 aromatic rings. The van der Waals surface area contributed by atoms with E-state index in [9.17, 15) is 9.59 Å². The van der Waals surface area contributed by atoms with E-state index in [4.69, 9.17) is 19.3 Å². The first-order chi connectivity index (χ1) is 20.4. The monoisotopic (exact) mass is 567 g/mol. The zero-order valence-electron chi connectivity index (χ0n) is 24.4. The van der Waals surface area contributed by atoms with Crippen molar-refractivity contribution in [3.05, 3.63) is 114 Å². The van der Waals surface area contributed by atoms with Crippen LogP contribution in [-0.4, -0.2) is 41.5 Å². The number of hydrogen-bond acceptors (Lipinski definition) is 7. The summed E-state index contributed by atoms with van der Waals surface area (Å²) in [7, 11) is 0. The van der Waals surface area contributed by atoms with Gasteiger partial charge in [-0.2, -0.15) is 5.10 Å². The summed E-state index contributed by atoms with van der Waals surface area (Å²) in [5, 5.41) is 8.15. The normalized spacial score (nSPS) is 13.4. The van der Waals surface area contributed by atoms with Gasteiger partial charge in [0, 0.05) is 28.7 Å². The van der Waals surface area contributed by atoms with Gasteiger partial charge in [-0.1, -0.05) is 56.9 Å². The number of dihydropyridines is 1. The minimum Gasteiger partial charge on any atom is -0.494 e. The quantitative estimate of drug-likeness (QED) is 0.145. The fourth-order valence-corrected chi connectivity index (χ4v) is 4.85. The van der Waals surface area contributed by atoms with Gasteiger partial charge < -0.3 is 19.5 Å². The molecule has 42 heavy (non-hydrogen) atoms. The number of nitrogens with one attached hydrogen (secondary N) is 1. The van der Waals surface area contributed by atoms with Gasteiger partial charge >= 0.3 is 11.9 Å². The maximum atomic E-state index is 13.5. The van der Waals surface area contributed by atoms with E-state index in [1.807, 2.05) is 60.8 Å². The Morgan fingerprint density at radius 2 is 1.52 bits per heavy atom. The minimum atomic E-state index is -0.825. The zero-order chi connectivity index (χ0) is 30.1. The molecule has 1 aromatic heterocycles. The minimum absolute atomic E-state index is 0.0247. The summed E-state index contributed by atoms with van der Waals surface area (Å²) in [5.41, 5.74) is 4.61. The van der Waals surface area contributed by atoms with Gasteiger partial charge in [0.25, 0.3) is 0 Å². The van der Waals surface area contributed by atoms with E-state index < -0.39 is 17.9 Å². The zero-order valence-corrected chi connectivity index (χ0v) is 24.4. The summed E-state index contributed by atoms with van der Waals surface area (Å²) >= 11 is 0. The number of hydrogen-bond donors (Lipinski definition) is 1. The van der Waals surface area contributed by atoms with Crippen molar-refractivity contribution in [2.75, 3.05) is 19.8 Å². The van der Waals surface area contributed by atoms with Crippen molar-refractivity contribution in [2.45, 2.75) is 39.5 Å². The lowest BCUT2D eigenvalue weighted by Gasteiger charge is -2.30. The van der Waals surface area contributed by atoms with E-state index in [-0.39, 0.29) is 13.2 Å². The number of rotatable bonds is 13. The van der Waals surface area contributed by atoms with Crippen LogP contribution in [0.25, 0.3) is 16.9 Å². The molecule has 0 fully saturated rings. The van der Waals surface area contributed by atoms with E-state index in [1.165, 1.54) is 12.2 Å². The molecule has 1 N–H and O–H groups in total. The number of esters is 2. The summed E-state index contributed by atoms with van der Waals surface area (Å²) < 4.78 is 18.6. The summed E-state index contributed by atoms with van der Waals surface area (Å²) in [6.07, 6.45) is 6.87. The highest BCUT2D eigenvalue weighted by molar-refractivity contribution is 6.00. The highest BCUT2D eigenvalue weighted by Crippen LogP contribution is 2.43. The lowest BCUT2D eigenvalue weighted by molar-refractivity contribution is -0.138. The predicted molar refractivity (Wildman–Crippen MR) is 163 cm³/mol. The number of aromatic nitrogens is 2. The fraction of sp³-hybridized carbons (Fsp3) is 0.265. The number of carbonyl (C=O) groups excluding carboxylic acids is 2. The van der Waals surface area contributed by atoms with Crippen LogP contribution in [0.1, 0.15) is 45.1 Å². The van der Waals surface area contributed by atoms with Crippen molar-refractivity contribution in [3.63, 3.8) is 0 Å². The average Bonchev–Trinajstić information content (AvgIpc) is 3.44. The molecule has 0 spiro atoms. The Kier molecular flexibility index (Phi) is 10.2. The molecule has 0 atom stereocenters. The van der Waals surface area contributed by atoms with Crippen LogP contribution in [-0.2, 0) is 19.1 Å². The third-order valence-electron chi connectivity index (χ3n) is 6.83. The Morgan fingerprint density at radius 1 is 0.929 bits per heavy atom. The van der Waals surface area contributed by atoms with Crippen LogP contribution in [0.15, 0.2) is 109 Å². The second-order valence-electron chi connectivity index (χ2n) is 9.85. The fourth-order valence-electron chi connectivity index (χ4n) is 4.85. The number of benzene rings is 2. The maximum absolute atomic E-state index is 13.5. The number of allylic oxidation sites excluding steroid dienone is 2. The van der Waals surface area contributed by atoms with Gasteiger partial charge in [0.05, 0.1) is 35.1 Å². The van der Waals surface area contributed by atoms with Crippen LogP contribution in [0.5, 0.6) is 5.75 Å². The van der Waals surface area contributed by atoms with Crippen LogP contribution in [0.2, 0.25) is 0 Å². The van der Waals surface area contributed by atoms with Gasteiger partial charge in [-0.05, 0) is 56.7 Å². The Labute approximate surface area is 247 Å². The van der Waals surface area contributed by atoms with E-state index in [0.717, 1.165) is 29.8 Å². The summed E-state index contributed by atoms with van der Waals surface area (Å²) in [6.45, 7) is 13.7. The standard InChI is InChI=1S/C34H37N3O5/c1-6-9-21-40-27-17-15-25(16-18-27)32-28(22-37(36-32)26-13-11-10-12-14-26)31-29(33(38)41-19-7-2)23(4)35-24(5)30(31)34(39)42-20-8-3/h7-8,10-18,22,31,35H,2-3,6,9,19-21H2,1,4-5H3. The molecule has 0 aliphatic carbocycles. The van der Waals surface area contributed by atoms with Crippen molar-refractivity contribution in [3.8, 4) is 22.7 Å². The molecular weight excluding hydrogens is 530 g/mol. The molecular formula is C34H37N3O5. The van der Waals surface area contributed by atoms with Crippen molar-refractivity contribution < 1.29 is 23.8 Å². The average molecular weight is 568 g/mol. The predicted octanol–water partition coefficient (Wildman–Crippen LogP) is 6.41. The molecule has 8 nitrogen and oxygen atoms in total. The summed E-state index contributed by atoms with van der Waals surface area (Å²) in [5.74, 6) is -1.20. The Balaban J connectivity index is 1.91. The van der Waals surface area contributed by atoms with Crippen LogP contribution >= 0.6 is 0 Å². The van der Waals surface area contributed by atoms with Crippen molar-refractivity contribution in [2.24, 2.45) is 0 Å². The maximum Gasteiger partial charge on any atom is 0.337 e. The molecule has 0 bridgehead atoms. The second kappa shape index (κ2) is 14.2. The molecule has 0 saturated carbocycles. The van der Waals surface area contributed by atoms with E-state index in [1.54, 1.807) is 18.5 Å². The van der Waals surface area contributed by atoms with Gasteiger partial charge in [0.2, 0.25) is 0 Å². The van der Waals surface area contributed by atoms with Gasteiger partial charge in [0.15, 0.2) is 0 Å². The topological polar surface area (TPSA) is 91.7 Å². The molecule has 1 aliphatic heterocycles. The second-order valence-corrected chi connectivity index (χ2v) is 9.85. The lowest BCUT2D eigenvalue weighted by atomic mass is 9.79. The smallest absolute Gasteiger partial charge is 0.337 e. The molecule has 0 unspecified atom stereocenters. The summed E-state index contributed by atoms with van der Waals surface area (Å²) in [6, 6.07) is 17.3. The SMILES string of the molecule is C=CCOC(=O)C1=C(C)NC(C)=C(C(=O)OCC=C)C1c1cn(-c2ccccc2)nc1-c1ccc(OCCCC)cc1. The number of carbonyl (C=O) groups is 2. The number of ether oxygens (including phenoxy) is 3. The number of unbranched alkanes of at least 4 members (excludes halogenated alkanes) is 1. The third kappa shape index (κ3) is 6.71. The van der Waals surface area contributed by atoms with Gasteiger partial charge in [-0.25, -0.2) is 14.3 Å². The molecule has 8 heteroatoms. The molecule has 2 heterocycles. The van der Waals surface area contributed by atoms with Crippen LogP contribution in [0.3, 0.4) is 0 Å². The van der Waals surface area contributed by atoms with E-state index in [2.05, 4.69) is 25.4 Å². The van der Waals surface area contributed by atoms with Crippen molar-refractivity contribution >= 4 is 11.9 Å². The third-order valence-corrected chi connectivity index (χ3v) is 6.83. The van der Waals surface area contributed by atoms with Crippen LogP contribution in [0, 0.1) is 0 Å². The van der Waals surface area contributed by atoms with Gasteiger partial charge in [-0.3, -0.25) is 0 Å². The molecule has 0 saturated heterocycles. The molecule has 1 aliphatic rings. The molecule has 0 amide bonds. The van der Waals surface area contributed by atoms with Crippen molar-refractivity contribution in [1.82, 2.24) is 15.1 Å². The highest BCUT2D eigenvalue weighted by Gasteiger charge is 2.40. The van der Waals surface area contributed by atoms with Crippen LogP contribution < -0.4 is 10.1 Å². The lowest BCUT2D eigenvalue weighted by Crippen LogP contribution is -2.32. The Hall–Kier alpha value is -4.85. The first-order valence-electron chi connectivity index (χ1n) is 14.0. The van der Waals surface area contributed by atoms with Gasteiger partial charge in [0.1, 0.15) is 19.0 Å². The largest absolute Gasteiger partial charge is 0.494 e. The van der Waals surface area contributed by atoms with E-state index in [0.29, 0.717) is 40.4 Å².